The lowest BCUT2D eigenvalue weighted by Crippen LogP contribution is -2.47. The van der Waals surface area contributed by atoms with Crippen molar-refractivity contribution in [1.29, 1.82) is 0 Å². The largest absolute Gasteiger partial charge is 0.489 e. The number of halogens is 10. The van der Waals surface area contributed by atoms with Crippen LogP contribution in [-0.2, 0) is 38.7 Å². The lowest BCUT2D eigenvalue weighted by atomic mass is 10.0. The van der Waals surface area contributed by atoms with Crippen molar-refractivity contribution in [3.63, 3.8) is 0 Å². The minimum atomic E-state index is -4.69. The number of carbonyl (C=O) groups excluding carboxylic acids is 3. The molecule has 1 aliphatic rings. The van der Waals surface area contributed by atoms with Crippen LogP contribution in [0.15, 0.2) is 59.1 Å². The van der Waals surface area contributed by atoms with Gasteiger partial charge in [0.2, 0.25) is 23.1 Å². The van der Waals surface area contributed by atoms with Gasteiger partial charge in [-0.25, -0.2) is 9.18 Å². The van der Waals surface area contributed by atoms with Crippen molar-refractivity contribution in [1.82, 2.24) is 24.7 Å². The third-order valence-electron chi connectivity index (χ3n) is 10.2. The molecule has 0 radical (unpaired) electrons. The second-order valence-electron chi connectivity index (χ2n) is 17.8. The highest BCUT2D eigenvalue weighted by Crippen LogP contribution is 2.41. The number of ether oxygens (including phenoxy) is 3. The SMILES string of the molecule is CC(C)OC(=O)c1cc(-c2nn(C)c(C(F)(F)F)c2Br)c(F)cc1Cl.CC1COc2ccccc2N1C(=O)C(Cl)Cl.CCNc1nc(Cl)nc(NC(C)(C)C)n1.CCc1cccc(C)c1N(C(=O)CCl)C(C)COC. The molecule has 25 heteroatoms. The molecular formula is C50H61BrCl5F4N9O6. The summed E-state index contributed by atoms with van der Waals surface area (Å²) < 4.78 is 69.3. The highest BCUT2D eigenvalue weighted by Gasteiger charge is 2.39. The maximum Gasteiger partial charge on any atom is 0.434 e. The maximum absolute atomic E-state index is 14.3. The fourth-order valence-electron chi connectivity index (χ4n) is 7.18. The van der Waals surface area contributed by atoms with E-state index in [0.717, 1.165) is 54.6 Å². The highest BCUT2D eigenvalue weighted by atomic mass is 79.9. The molecule has 2 unspecified atom stereocenters. The summed E-state index contributed by atoms with van der Waals surface area (Å²) in [6.45, 7) is 20.9. The first-order valence-electron chi connectivity index (χ1n) is 23.2. The number of nitrogens with one attached hydrogen (secondary N) is 2. The number of aryl methyl sites for hydroxylation is 3. The van der Waals surface area contributed by atoms with Crippen molar-refractivity contribution in [3.8, 4) is 17.0 Å². The molecule has 0 fully saturated rings. The van der Waals surface area contributed by atoms with Crippen LogP contribution in [0, 0.1) is 12.7 Å². The van der Waals surface area contributed by atoms with Crippen LogP contribution in [0.2, 0.25) is 10.3 Å². The van der Waals surface area contributed by atoms with Crippen molar-refractivity contribution in [2.45, 2.75) is 110 Å². The number of methoxy groups -OCH3 is 1. The van der Waals surface area contributed by atoms with Crippen LogP contribution in [0.25, 0.3) is 11.3 Å². The normalized spacial score (nSPS) is 13.4. The number of esters is 1. The zero-order chi connectivity index (χ0) is 56.7. The Morgan fingerprint density at radius 2 is 1.63 bits per heavy atom. The summed E-state index contributed by atoms with van der Waals surface area (Å²) in [7, 11) is 2.72. The van der Waals surface area contributed by atoms with Gasteiger partial charge in [-0.1, -0.05) is 72.1 Å². The van der Waals surface area contributed by atoms with Gasteiger partial charge in [0.15, 0.2) is 10.5 Å². The van der Waals surface area contributed by atoms with Gasteiger partial charge in [0.1, 0.15) is 29.7 Å². The van der Waals surface area contributed by atoms with Gasteiger partial charge in [-0.2, -0.15) is 33.2 Å². The average Bonchev–Trinajstić information content (AvgIpc) is 3.62. The average molecular weight is 1220 g/mol. The van der Waals surface area contributed by atoms with Crippen LogP contribution in [0.3, 0.4) is 0 Å². The number of aromatic nitrogens is 5. The molecule has 15 nitrogen and oxygen atoms in total. The van der Waals surface area contributed by atoms with Crippen LogP contribution >= 0.6 is 73.9 Å². The molecular weight excluding hydrogens is 1160 g/mol. The van der Waals surface area contributed by atoms with E-state index in [1.54, 1.807) is 30.8 Å². The van der Waals surface area contributed by atoms with E-state index in [1.807, 2.05) is 84.9 Å². The first kappa shape index (κ1) is 64.6. The number of fused-ring (bicyclic) bond motifs is 1. The molecule has 2 aromatic heterocycles. The Morgan fingerprint density at radius 1 is 0.987 bits per heavy atom. The second kappa shape index (κ2) is 29.2. The van der Waals surface area contributed by atoms with E-state index in [1.165, 1.54) is 0 Å². The summed E-state index contributed by atoms with van der Waals surface area (Å²) in [6.07, 6.45) is -4.26. The summed E-state index contributed by atoms with van der Waals surface area (Å²) in [6, 6.07) is 15.2. The summed E-state index contributed by atoms with van der Waals surface area (Å²) >= 11 is 31.5. The molecule has 0 spiro atoms. The molecule has 6 rings (SSSR count). The molecule has 75 heavy (non-hydrogen) atoms. The number of anilines is 4. The zero-order valence-corrected chi connectivity index (χ0v) is 48.8. The maximum atomic E-state index is 14.3. The van der Waals surface area contributed by atoms with E-state index in [0.29, 0.717) is 35.5 Å². The van der Waals surface area contributed by atoms with E-state index < -0.39 is 39.1 Å². The Labute approximate surface area is 468 Å². The van der Waals surface area contributed by atoms with Crippen molar-refractivity contribution in [3.05, 3.63) is 97.6 Å². The number of benzene rings is 3. The number of amides is 2. The van der Waals surface area contributed by atoms with Gasteiger partial charge in [-0.15, -0.1) is 11.6 Å². The van der Waals surface area contributed by atoms with Crippen LogP contribution in [-0.4, -0.2) is 104 Å². The van der Waals surface area contributed by atoms with Crippen LogP contribution < -0.4 is 25.2 Å². The molecule has 2 amide bonds. The van der Waals surface area contributed by atoms with Crippen LogP contribution in [0.1, 0.15) is 89.5 Å². The van der Waals surface area contributed by atoms with E-state index in [9.17, 15) is 31.9 Å². The fraction of sp³-hybridized carbons (Fsp3) is 0.460. The number of hydrogen-bond donors (Lipinski definition) is 2. The summed E-state index contributed by atoms with van der Waals surface area (Å²) in [5.74, 6) is -0.499. The number of hydrogen-bond acceptors (Lipinski definition) is 12. The molecule has 3 heterocycles. The Hall–Kier alpha value is -4.70. The molecule has 0 saturated heterocycles. The molecule has 2 atom stereocenters. The predicted molar refractivity (Wildman–Crippen MR) is 294 cm³/mol. The third-order valence-corrected chi connectivity index (χ3v) is 12.0. The van der Waals surface area contributed by atoms with Gasteiger partial charge in [0.05, 0.1) is 51.2 Å². The molecule has 2 N–H and O–H groups in total. The molecule has 0 aliphatic carbocycles. The first-order chi connectivity index (χ1) is 35.0. The van der Waals surface area contributed by atoms with E-state index >= 15 is 0 Å². The third kappa shape index (κ3) is 18.5. The van der Waals surface area contributed by atoms with Gasteiger partial charge in [0, 0.05) is 31.8 Å². The molecule has 3 aromatic carbocycles. The Morgan fingerprint density at radius 3 is 2.17 bits per heavy atom. The first-order valence-corrected chi connectivity index (χ1v) is 26.2. The Balaban J connectivity index is 0.000000269. The van der Waals surface area contributed by atoms with Crippen molar-refractivity contribution in [2.24, 2.45) is 7.05 Å². The monoisotopic (exact) mass is 1210 g/mol. The molecule has 0 bridgehead atoms. The molecule has 1 aliphatic heterocycles. The van der Waals surface area contributed by atoms with Gasteiger partial charge >= 0.3 is 12.1 Å². The van der Waals surface area contributed by atoms with Crippen molar-refractivity contribution < 1.29 is 46.2 Å². The van der Waals surface area contributed by atoms with E-state index in [4.69, 9.17) is 72.2 Å². The minimum Gasteiger partial charge on any atom is -0.489 e. The predicted octanol–water partition coefficient (Wildman–Crippen LogP) is 13.2. The molecule has 5 aromatic rings. The fourth-order valence-corrected chi connectivity index (χ4v) is 8.68. The standard InChI is InChI=1S/C15H12BrClF4N2O2.C15H22ClNO2.C11H11Cl2NO2.C9H16ClN5/c1-6(2)25-14(24)7-4-8(10(18)5-9(7)17)12-11(16)13(15(19,20)21)23(3)22-12;1-5-13-8-6-7-11(2)15(13)17(14(18)9-16)12(3)10-19-4;1-7-6-16-9-5-3-2-4-8(9)14(7)11(15)10(12)13;1-5-11-7-12-6(10)13-8(14-7)15-9(2,3)4/h4-6H,1-3H3;6-8,12H,5,9-10H2,1-4H3;2-5,7,10H,6H2,1H3;5H2,1-4H3,(H2,11,12,13,14,15). The van der Waals surface area contributed by atoms with Gasteiger partial charge < -0.3 is 34.6 Å². The summed E-state index contributed by atoms with van der Waals surface area (Å²) in [5, 5.41) is 9.81. The number of rotatable bonds is 13. The zero-order valence-electron chi connectivity index (χ0n) is 43.4. The number of carbonyl (C=O) groups is 3. The molecule has 0 saturated carbocycles. The quantitative estimate of drug-likeness (QED) is 0.0652. The topological polar surface area (TPSA) is 166 Å². The number of nitrogens with zero attached hydrogens (tertiary/aromatic N) is 7. The molecule has 412 valence electrons. The van der Waals surface area contributed by atoms with Crippen LogP contribution in [0.4, 0.5) is 40.8 Å². The summed E-state index contributed by atoms with van der Waals surface area (Å²) in [5.41, 5.74) is 1.97. The Kier molecular flexibility index (Phi) is 25.1. The summed E-state index contributed by atoms with van der Waals surface area (Å²) in [4.78, 5) is 50.5. The number of alkyl halides is 6. The minimum absolute atomic E-state index is 0.0223. The van der Waals surface area contributed by atoms with Gasteiger partial charge in [-0.3, -0.25) is 14.3 Å². The van der Waals surface area contributed by atoms with E-state index in [-0.39, 0.29) is 62.4 Å². The lowest BCUT2D eigenvalue weighted by Gasteiger charge is -2.35. The van der Waals surface area contributed by atoms with Gasteiger partial charge in [0.25, 0.3) is 5.91 Å². The smallest absolute Gasteiger partial charge is 0.434 e. The highest BCUT2D eigenvalue weighted by molar-refractivity contribution is 9.10. The van der Waals surface area contributed by atoms with E-state index in [2.05, 4.69) is 59.6 Å². The second-order valence-corrected chi connectivity index (χ2v) is 20.7. The van der Waals surface area contributed by atoms with Crippen molar-refractivity contribution >= 4 is 115 Å². The van der Waals surface area contributed by atoms with Gasteiger partial charge in [-0.05, 0) is 132 Å². The Bertz CT molecular complexity index is 2730. The van der Waals surface area contributed by atoms with Crippen LogP contribution in [0.5, 0.6) is 5.75 Å². The number of para-hydroxylation sites is 3. The lowest BCUT2D eigenvalue weighted by molar-refractivity contribution is -0.144. The van der Waals surface area contributed by atoms with Crippen molar-refractivity contribution in [2.75, 3.05) is 53.2 Å².